The third kappa shape index (κ3) is 9.88. The van der Waals surface area contributed by atoms with Crippen molar-refractivity contribution in [2.75, 3.05) is 20.6 Å². The van der Waals surface area contributed by atoms with Crippen LogP contribution in [-0.4, -0.2) is 37.9 Å². The minimum Gasteiger partial charge on any atom is -0.333 e. The molecule has 1 atom stereocenters. The van der Waals surface area contributed by atoms with Crippen LogP contribution in [0.1, 0.15) is 46.0 Å². The van der Waals surface area contributed by atoms with Crippen molar-refractivity contribution in [1.82, 2.24) is 4.90 Å². The molecule has 92 valence electrons. The van der Waals surface area contributed by atoms with Crippen molar-refractivity contribution in [1.29, 1.82) is 0 Å². The van der Waals surface area contributed by atoms with Crippen molar-refractivity contribution in [3.63, 3.8) is 0 Å². The third-order valence-electron chi connectivity index (χ3n) is 2.44. The maximum atomic E-state index is 10.2. The van der Waals surface area contributed by atoms with Crippen LogP contribution in [0.5, 0.6) is 0 Å². The molecule has 1 fully saturated rings. The van der Waals surface area contributed by atoms with E-state index in [0.29, 0.717) is 0 Å². The number of hydrogen-bond acceptors (Lipinski definition) is 3. The SMILES string of the molecule is CCCCC.CN.CN1CCCC1C=O. The van der Waals surface area contributed by atoms with Crippen molar-refractivity contribution in [2.24, 2.45) is 5.73 Å². The Morgan fingerprint density at radius 2 is 1.87 bits per heavy atom. The van der Waals surface area contributed by atoms with Crippen LogP contribution < -0.4 is 5.73 Å². The summed E-state index contributed by atoms with van der Waals surface area (Å²) >= 11 is 0. The van der Waals surface area contributed by atoms with Gasteiger partial charge in [0, 0.05) is 0 Å². The van der Waals surface area contributed by atoms with E-state index >= 15 is 0 Å². The van der Waals surface area contributed by atoms with E-state index in [1.165, 1.54) is 32.7 Å². The number of hydrogen-bond donors (Lipinski definition) is 1. The first-order valence-electron chi connectivity index (χ1n) is 5.99. The van der Waals surface area contributed by atoms with Gasteiger partial charge in [0.1, 0.15) is 6.29 Å². The zero-order valence-corrected chi connectivity index (χ0v) is 10.8. The molecule has 1 aliphatic rings. The maximum Gasteiger partial charge on any atom is 0.137 e. The first-order valence-corrected chi connectivity index (χ1v) is 5.99. The average Bonchev–Trinajstić information content (AvgIpc) is 2.69. The lowest BCUT2D eigenvalue weighted by atomic mass is 10.2. The molecule has 0 radical (unpaired) electrons. The number of nitrogens with two attached hydrogens (primary N) is 1. The van der Waals surface area contributed by atoms with Crippen LogP contribution in [0.3, 0.4) is 0 Å². The van der Waals surface area contributed by atoms with Crippen molar-refractivity contribution >= 4 is 6.29 Å². The number of likely N-dealkylation sites (N-methyl/N-ethyl adjacent to an activating group) is 1. The number of carbonyl (C=O) groups is 1. The average molecular weight is 216 g/mol. The van der Waals surface area contributed by atoms with Gasteiger partial charge in [0.2, 0.25) is 0 Å². The molecule has 0 aromatic rings. The Bertz CT molecular complexity index is 127. The lowest BCUT2D eigenvalue weighted by Gasteiger charge is -2.10. The number of nitrogens with zero attached hydrogens (tertiary/aromatic N) is 1. The number of likely N-dealkylation sites (tertiary alicyclic amines) is 1. The standard InChI is InChI=1S/C6H11NO.C5H12.CH5N/c1-7-4-2-3-6(7)5-8;1-3-5-4-2;1-2/h5-6H,2-4H2,1H3;3-5H2,1-2H3;2H2,1H3. The monoisotopic (exact) mass is 216 g/mol. The summed E-state index contributed by atoms with van der Waals surface area (Å²) in [6.07, 6.45) is 7.35. The highest BCUT2D eigenvalue weighted by Gasteiger charge is 2.18. The van der Waals surface area contributed by atoms with Gasteiger partial charge >= 0.3 is 0 Å². The highest BCUT2D eigenvalue weighted by Crippen LogP contribution is 2.11. The van der Waals surface area contributed by atoms with Gasteiger partial charge in [-0.15, -0.1) is 0 Å². The highest BCUT2D eigenvalue weighted by atomic mass is 16.1. The quantitative estimate of drug-likeness (QED) is 0.734. The molecule has 3 heteroatoms. The zero-order valence-electron chi connectivity index (χ0n) is 10.8. The summed E-state index contributed by atoms with van der Waals surface area (Å²) in [6, 6.07) is 0.218. The van der Waals surface area contributed by atoms with Gasteiger partial charge in [-0.05, 0) is 33.5 Å². The van der Waals surface area contributed by atoms with E-state index < -0.39 is 0 Å². The van der Waals surface area contributed by atoms with Gasteiger partial charge in [-0.1, -0.05) is 33.1 Å². The summed E-state index contributed by atoms with van der Waals surface area (Å²) in [6.45, 7) is 5.51. The van der Waals surface area contributed by atoms with Crippen LogP contribution >= 0.6 is 0 Å². The molecule has 1 aliphatic heterocycles. The zero-order chi connectivity index (χ0) is 12.1. The van der Waals surface area contributed by atoms with E-state index in [4.69, 9.17) is 0 Å². The van der Waals surface area contributed by atoms with Gasteiger partial charge in [0.25, 0.3) is 0 Å². The molecule has 1 rings (SSSR count). The molecule has 1 saturated heterocycles. The molecule has 3 nitrogen and oxygen atoms in total. The fraction of sp³-hybridized carbons (Fsp3) is 0.917. The van der Waals surface area contributed by atoms with E-state index in [2.05, 4.69) is 24.5 Å². The van der Waals surface area contributed by atoms with Crippen LogP contribution in [0.2, 0.25) is 0 Å². The summed E-state index contributed by atoms with van der Waals surface area (Å²) < 4.78 is 0. The Morgan fingerprint density at radius 1 is 1.33 bits per heavy atom. The molecule has 0 saturated carbocycles. The lowest BCUT2D eigenvalue weighted by molar-refractivity contribution is -0.111. The summed E-state index contributed by atoms with van der Waals surface area (Å²) in [4.78, 5) is 12.3. The molecule has 0 spiro atoms. The van der Waals surface area contributed by atoms with Gasteiger partial charge < -0.3 is 10.5 Å². The molecular formula is C12H28N2O. The van der Waals surface area contributed by atoms with E-state index in [1.807, 2.05) is 7.05 Å². The molecule has 0 aliphatic carbocycles. The molecule has 1 heterocycles. The first-order chi connectivity index (χ1) is 7.26. The third-order valence-corrected chi connectivity index (χ3v) is 2.44. The highest BCUT2D eigenvalue weighted by molar-refractivity contribution is 5.57. The largest absolute Gasteiger partial charge is 0.333 e. The topological polar surface area (TPSA) is 46.3 Å². The Labute approximate surface area is 95.0 Å². The fourth-order valence-corrected chi connectivity index (χ4v) is 1.46. The molecule has 15 heavy (non-hydrogen) atoms. The fourth-order valence-electron chi connectivity index (χ4n) is 1.46. The summed E-state index contributed by atoms with van der Waals surface area (Å²) in [5.74, 6) is 0. The Hall–Kier alpha value is -0.410. The molecular weight excluding hydrogens is 188 g/mol. The molecule has 1 unspecified atom stereocenters. The molecule has 2 N–H and O–H groups in total. The van der Waals surface area contributed by atoms with Crippen molar-refractivity contribution in [3.8, 4) is 0 Å². The minimum atomic E-state index is 0.218. The number of rotatable bonds is 3. The molecule has 0 bridgehead atoms. The minimum absolute atomic E-state index is 0.218. The van der Waals surface area contributed by atoms with Crippen LogP contribution in [-0.2, 0) is 4.79 Å². The molecule has 0 aromatic carbocycles. The van der Waals surface area contributed by atoms with Crippen molar-refractivity contribution in [2.45, 2.75) is 52.0 Å². The second-order valence-corrected chi connectivity index (χ2v) is 3.68. The van der Waals surface area contributed by atoms with Crippen LogP contribution in [0.25, 0.3) is 0 Å². The normalized spacial score (nSPS) is 19.7. The van der Waals surface area contributed by atoms with E-state index in [1.54, 1.807) is 0 Å². The van der Waals surface area contributed by atoms with E-state index in [9.17, 15) is 4.79 Å². The summed E-state index contributed by atoms with van der Waals surface area (Å²) in [7, 11) is 3.49. The van der Waals surface area contributed by atoms with Gasteiger partial charge in [0.05, 0.1) is 6.04 Å². The molecule has 0 amide bonds. The van der Waals surface area contributed by atoms with Crippen LogP contribution in [0.15, 0.2) is 0 Å². The smallest absolute Gasteiger partial charge is 0.137 e. The van der Waals surface area contributed by atoms with Gasteiger partial charge in [-0.3, -0.25) is 4.90 Å². The number of carbonyl (C=O) groups excluding carboxylic acids is 1. The van der Waals surface area contributed by atoms with Crippen molar-refractivity contribution in [3.05, 3.63) is 0 Å². The van der Waals surface area contributed by atoms with Crippen molar-refractivity contribution < 1.29 is 4.79 Å². The second kappa shape index (κ2) is 13.6. The van der Waals surface area contributed by atoms with Crippen LogP contribution in [0.4, 0.5) is 0 Å². The Kier molecular flexibility index (Phi) is 15.4. The van der Waals surface area contributed by atoms with Gasteiger partial charge in [-0.25, -0.2) is 0 Å². The number of unbranched alkanes of at least 4 members (excludes halogenated alkanes) is 2. The summed E-state index contributed by atoms with van der Waals surface area (Å²) in [5.41, 5.74) is 4.50. The van der Waals surface area contributed by atoms with E-state index in [0.717, 1.165) is 19.3 Å². The molecule has 0 aromatic heterocycles. The Morgan fingerprint density at radius 3 is 2.00 bits per heavy atom. The predicted molar refractivity (Wildman–Crippen MR) is 67.0 cm³/mol. The summed E-state index contributed by atoms with van der Waals surface area (Å²) in [5, 5.41) is 0. The van der Waals surface area contributed by atoms with Crippen LogP contribution in [0, 0.1) is 0 Å². The first kappa shape index (κ1) is 17.0. The Balaban J connectivity index is 0. The lowest BCUT2D eigenvalue weighted by Crippen LogP contribution is -2.25. The number of aldehydes is 1. The van der Waals surface area contributed by atoms with Gasteiger partial charge in [0.15, 0.2) is 0 Å². The predicted octanol–water partition coefficient (Wildman–Crippen LogP) is 2.05. The van der Waals surface area contributed by atoms with Gasteiger partial charge in [-0.2, -0.15) is 0 Å². The maximum absolute atomic E-state index is 10.2. The second-order valence-electron chi connectivity index (χ2n) is 3.68. The van der Waals surface area contributed by atoms with E-state index in [-0.39, 0.29) is 6.04 Å².